The van der Waals surface area contributed by atoms with E-state index in [1.165, 1.54) is 12.1 Å². The fourth-order valence-corrected chi connectivity index (χ4v) is 2.95. The lowest BCUT2D eigenvalue weighted by atomic mass is 9.78. The van der Waals surface area contributed by atoms with E-state index in [4.69, 9.17) is 14.0 Å². The molecule has 9 heteroatoms. The van der Waals surface area contributed by atoms with Crippen LogP contribution in [0.5, 0.6) is 5.75 Å². The lowest BCUT2D eigenvalue weighted by Gasteiger charge is -2.32. The van der Waals surface area contributed by atoms with Crippen molar-refractivity contribution in [3.05, 3.63) is 23.8 Å². The van der Waals surface area contributed by atoms with E-state index < -0.39 is 37.0 Å². The van der Waals surface area contributed by atoms with Crippen molar-refractivity contribution in [2.75, 3.05) is 6.61 Å². The Balaban J connectivity index is 1.85. The van der Waals surface area contributed by atoms with E-state index in [-0.39, 0.29) is 17.4 Å². The Morgan fingerprint density at radius 2 is 1.82 bits per heavy atom. The van der Waals surface area contributed by atoms with Gasteiger partial charge < -0.3 is 19.4 Å². The number of halogens is 3. The number of hydrogen-bond acceptors (Lipinski definition) is 4. The predicted molar refractivity (Wildman–Crippen MR) is 98.8 cm³/mol. The Hall–Kier alpha value is -1.74. The molecule has 1 aromatic rings. The van der Waals surface area contributed by atoms with Crippen molar-refractivity contribution in [2.45, 2.75) is 70.4 Å². The molecule has 154 valence electrons. The molecular formula is C19H25BF3NO4. The second kappa shape index (κ2) is 7.26. The summed E-state index contributed by atoms with van der Waals surface area (Å²) in [6, 6.07) is 4.54. The number of ether oxygens (including phenoxy) is 1. The first kappa shape index (κ1) is 21.0. The van der Waals surface area contributed by atoms with Gasteiger partial charge in [0.2, 0.25) is 0 Å². The van der Waals surface area contributed by atoms with Gasteiger partial charge in [-0.1, -0.05) is 6.07 Å². The molecular weight excluding hydrogens is 374 g/mol. The molecule has 0 spiro atoms. The van der Waals surface area contributed by atoms with Gasteiger partial charge in [-0.25, -0.2) is 0 Å². The van der Waals surface area contributed by atoms with Crippen LogP contribution in [0.4, 0.5) is 13.2 Å². The number of rotatable bonds is 5. The minimum Gasteiger partial charge on any atom is -0.483 e. The molecule has 5 nitrogen and oxygen atoms in total. The summed E-state index contributed by atoms with van der Waals surface area (Å²) in [5.74, 6) is -0.580. The van der Waals surface area contributed by atoms with Crippen molar-refractivity contribution in [1.29, 1.82) is 0 Å². The molecule has 2 aliphatic rings. The average molecular weight is 399 g/mol. The first-order chi connectivity index (χ1) is 12.9. The number of carbonyl (C=O) groups excluding carboxylic acids is 1. The standard InChI is InChI=1S/C19H25BF3NO4/c1-17(2)18(3,4)28-20(27-17)12-8-9-14(16(25)24-13-6-5-7-13)15(10-12)26-11-19(21,22)23/h8-10,13H,5-7,11H2,1-4H3,(H,24,25). The second-order valence-electron chi connectivity index (χ2n) is 8.35. The minimum absolute atomic E-state index is 0.0609. The van der Waals surface area contributed by atoms with Crippen LogP contribution in [0.15, 0.2) is 18.2 Å². The zero-order valence-corrected chi connectivity index (χ0v) is 16.5. The van der Waals surface area contributed by atoms with Crippen LogP contribution in [-0.2, 0) is 9.31 Å². The van der Waals surface area contributed by atoms with Gasteiger partial charge in [0, 0.05) is 6.04 Å². The van der Waals surface area contributed by atoms with Crippen LogP contribution < -0.4 is 15.5 Å². The molecule has 1 saturated heterocycles. The molecule has 1 aromatic carbocycles. The van der Waals surface area contributed by atoms with Crippen LogP contribution in [0.1, 0.15) is 57.3 Å². The third-order valence-electron chi connectivity index (χ3n) is 5.61. The molecule has 28 heavy (non-hydrogen) atoms. The van der Waals surface area contributed by atoms with Gasteiger partial charge in [-0.15, -0.1) is 0 Å². The quantitative estimate of drug-likeness (QED) is 0.773. The summed E-state index contributed by atoms with van der Waals surface area (Å²) in [5.41, 5.74) is -0.622. The maximum absolute atomic E-state index is 12.7. The first-order valence-corrected chi connectivity index (χ1v) is 9.38. The maximum Gasteiger partial charge on any atom is 0.494 e. The number of benzene rings is 1. The number of nitrogens with one attached hydrogen (secondary N) is 1. The van der Waals surface area contributed by atoms with Crippen LogP contribution in [0.2, 0.25) is 0 Å². The zero-order chi connectivity index (χ0) is 20.7. The van der Waals surface area contributed by atoms with Gasteiger partial charge in [0.15, 0.2) is 6.61 Å². The molecule has 1 N–H and O–H groups in total. The lowest BCUT2D eigenvalue weighted by molar-refractivity contribution is -0.153. The summed E-state index contributed by atoms with van der Waals surface area (Å²) in [6.07, 6.45) is -1.74. The van der Waals surface area contributed by atoms with E-state index >= 15 is 0 Å². The molecule has 0 aromatic heterocycles. The monoisotopic (exact) mass is 399 g/mol. The van der Waals surface area contributed by atoms with Gasteiger partial charge in [-0.3, -0.25) is 4.79 Å². The molecule has 1 heterocycles. The third kappa shape index (κ3) is 4.46. The van der Waals surface area contributed by atoms with E-state index in [9.17, 15) is 18.0 Å². The molecule has 1 aliphatic heterocycles. The van der Waals surface area contributed by atoms with Crippen molar-refractivity contribution in [1.82, 2.24) is 5.32 Å². The molecule has 0 unspecified atom stereocenters. The zero-order valence-electron chi connectivity index (χ0n) is 16.5. The Labute approximate surface area is 163 Å². The van der Waals surface area contributed by atoms with Crippen LogP contribution in [0, 0.1) is 0 Å². The number of hydrogen-bond donors (Lipinski definition) is 1. The third-order valence-corrected chi connectivity index (χ3v) is 5.61. The Bertz CT molecular complexity index is 731. The topological polar surface area (TPSA) is 56.8 Å². The summed E-state index contributed by atoms with van der Waals surface area (Å²) in [6.45, 7) is 6.05. The average Bonchev–Trinajstić information content (AvgIpc) is 2.76. The maximum atomic E-state index is 12.7. The number of amides is 1. The van der Waals surface area contributed by atoms with Crippen molar-refractivity contribution in [3.63, 3.8) is 0 Å². The molecule has 0 radical (unpaired) electrons. The molecule has 1 amide bonds. The summed E-state index contributed by atoms with van der Waals surface area (Å²) in [4.78, 5) is 12.5. The summed E-state index contributed by atoms with van der Waals surface area (Å²) >= 11 is 0. The highest BCUT2D eigenvalue weighted by atomic mass is 19.4. The smallest absolute Gasteiger partial charge is 0.483 e. The summed E-state index contributed by atoms with van der Waals surface area (Å²) in [5, 5.41) is 2.82. The highest BCUT2D eigenvalue weighted by Gasteiger charge is 2.51. The van der Waals surface area contributed by atoms with Gasteiger partial charge in [-0.05, 0) is 64.6 Å². The molecule has 1 saturated carbocycles. The van der Waals surface area contributed by atoms with Gasteiger partial charge in [0.1, 0.15) is 5.75 Å². The van der Waals surface area contributed by atoms with Crippen molar-refractivity contribution < 1.29 is 32.0 Å². The van der Waals surface area contributed by atoms with E-state index in [1.807, 2.05) is 27.7 Å². The fraction of sp³-hybridized carbons (Fsp3) is 0.632. The van der Waals surface area contributed by atoms with E-state index in [1.54, 1.807) is 6.07 Å². The highest BCUT2D eigenvalue weighted by molar-refractivity contribution is 6.62. The van der Waals surface area contributed by atoms with Crippen LogP contribution in [-0.4, -0.2) is 43.1 Å². The Morgan fingerprint density at radius 1 is 1.21 bits per heavy atom. The molecule has 1 aliphatic carbocycles. The molecule has 3 rings (SSSR count). The van der Waals surface area contributed by atoms with Crippen LogP contribution in [0.25, 0.3) is 0 Å². The van der Waals surface area contributed by atoms with Crippen molar-refractivity contribution >= 4 is 18.5 Å². The normalized spacial score (nSPS) is 21.3. The fourth-order valence-electron chi connectivity index (χ4n) is 2.95. The number of alkyl halides is 3. The van der Waals surface area contributed by atoms with Crippen molar-refractivity contribution in [3.8, 4) is 5.75 Å². The van der Waals surface area contributed by atoms with Crippen LogP contribution in [0.3, 0.4) is 0 Å². The van der Waals surface area contributed by atoms with Crippen LogP contribution >= 0.6 is 0 Å². The second-order valence-corrected chi connectivity index (χ2v) is 8.35. The largest absolute Gasteiger partial charge is 0.494 e. The summed E-state index contributed by atoms with van der Waals surface area (Å²) < 4.78 is 54.9. The van der Waals surface area contributed by atoms with Gasteiger partial charge >= 0.3 is 13.3 Å². The van der Waals surface area contributed by atoms with Gasteiger partial charge in [0.25, 0.3) is 5.91 Å². The number of carbonyl (C=O) groups is 1. The predicted octanol–water partition coefficient (Wildman–Crippen LogP) is 3.21. The highest BCUT2D eigenvalue weighted by Crippen LogP contribution is 2.37. The van der Waals surface area contributed by atoms with Gasteiger partial charge in [-0.2, -0.15) is 13.2 Å². The van der Waals surface area contributed by atoms with Crippen molar-refractivity contribution in [2.24, 2.45) is 0 Å². The molecule has 2 fully saturated rings. The SMILES string of the molecule is CC1(C)OB(c2ccc(C(=O)NC3CCC3)c(OCC(F)(F)F)c2)OC1(C)C. The molecule has 0 bridgehead atoms. The summed E-state index contributed by atoms with van der Waals surface area (Å²) in [7, 11) is -0.762. The van der Waals surface area contributed by atoms with E-state index in [0.29, 0.717) is 5.46 Å². The van der Waals surface area contributed by atoms with E-state index in [0.717, 1.165) is 19.3 Å². The van der Waals surface area contributed by atoms with E-state index in [2.05, 4.69) is 5.32 Å². The first-order valence-electron chi connectivity index (χ1n) is 9.38. The van der Waals surface area contributed by atoms with Gasteiger partial charge in [0.05, 0.1) is 16.8 Å². The lowest BCUT2D eigenvalue weighted by Crippen LogP contribution is -2.41. The Kier molecular flexibility index (Phi) is 5.44. The molecule has 0 atom stereocenters. The Morgan fingerprint density at radius 3 is 2.32 bits per heavy atom. The minimum atomic E-state index is -4.51.